The summed E-state index contributed by atoms with van der Waals surface area (Å²) in [6.45, 7) is 2.26. The molecule has 0 spiro atoms. The molecule has 0 amide bonds. The molecule has 0 aliphatic carbocycles. The van der Waals surface area contributed by atoms with Gasteiger partial charge in [0.1, 0.15) is 17.8 Å². The zero-order chi connectivity index (χ0) is 19.0. The van der Waals surface area contributed by atoms with E-state index in [9.17, 15) is 5.11 Å². The molecule has 146 valence electrons. The van der Waals surface area contributed by atoms with E-state index in [1.165, 1.54) is 50.5 Å². The van der Waals surface area contributed by atoms with Gasteiger partial charge in [-0.3, -0.25) is 0 Å². The van der Waals surface area contributed by atoms with Gasteiger partial charge in [-0.1, -0.05) is 119 Å². The lowest BCUT2D eigenvalue weighted by atomic mass is 9.85. The lowest BCUT2D eigenvalue weighted by Gasteiger charge is -2.21. The summed E-state index contributed by atoms with van der Waals surface area (Å²) in [5, 5.41) is 11.1. The fourth-order valence-corrected chi connectivity index (χ4v) is 4.15. The maximum Gasteiger partial charge on any atom is 0.129 e. The summed E-state index contributed by atoms with van der Waals surface area (Å²) < 4.78 is 6.22. The van der Waals surface area contributed by atoms with Crippen LogP contribution in [-0.2, 0) is 4.74 Å². The first-order valence-electron chi connectivity index (χ1n) is 10.7. The molecule has 0 radical (unpaired) electrons. The fourth-order valence-electron chi connectivity index (χ4n) is 4.15. The smallest absolute Gasteiger partial charge is 0.129 e. The van der Waals surface area contributed by atoms with Crippen LogP contribution < -0.4 is 0 Å². The highest BCUT2D eigenvalue weighted by atomic mass is 16.6. The first kappa shape index (κ1) is 20.1. The van der Waals surface area contributed by atoms with Crippen molar-refractivity contribution in [1.82, 2.24) is 0 Å². The van der Waals surface area contributed by atoms with Gasteiger partial charge < -0.3 is 9.84 Å². The summed E-state index contributed by atoms with van der Waals surface area (Å²) in [6.07, 6.45) is 10.7. The standard InChI is InChI=1S/C25H34O2/c1-2-3-4-5-6-7-8-15-20-25(23(26)21-16-11-9-12-17-21)24(27-25)22-18-13-10-14-19-22/h9-14,16-19,23-24,26H,2-8,15,20H2,1H3/t23?,24-,25+/m1/s1. The minimum atomic E-state index is -0.575. The van der Waals surface area contributed by atoms with E-state index in [1.807, 2.05) is 48.5 Å². The van der Waals surface area contributed by atoms with E-state index in [1.54, 1.807) is 0 Å². The average molecular weight is 367 g/mol. The summed E-state index contributed by atoms with van der Waals surface area (Å²) in [5.74, 6) is 0. The molecule has 2 nitrogen and oxygen atoms in total. The molecular formula is C25H34O2. The number of hydrogen-bond acceptors (Lipinski definition) is 2. The molecule has 1 heterocycles. The minimum absolute atomic E-state index is 0.00143. The molecule has 1 N–H and O–H groups in total. The summed E-state index contributed by atoms with van der Waals surface area (Å²) in [7, 11) is 0. The van der Waals surface area contributed by atoms with E-state index in [2.05, 4.69) is 19.1 Å². The van der Waals surface area contributed by atoms with Gasteiger partial charge in [0.25, 0.3) is 0 Å². The normalized spacial score (nSPS) is 22.5. The molecule has 0 bridgehead atoms. The van der Waals surface area contributed by atoms with E-state index >= 15 is 0 Å². The Bertz CT molecular complexity index is 655. The zero-order valence-corrected chi connectivity index (χ0v) is 16.6. The molecular weight excluding hydrogens is 332 g/mol. The van der Waals surface area contributed by atoms with E-state index in [-0.39, 0.29) is 6.10 Å². The average Bonchev–Trinajstić information content (AvgIpc) is 3.46. The van der Waals surface area contributed by atoms with Crippen molar-refractivity contribution in [3.05, 3.63) is 71.8 Å². The summed E-state index contributed by atoms with van der Waals surface area (Å²) in [5.41, 5.74) is 1.66. The Kier molecular flexibility index (Phi) is 7.49. The van der Waals surface area contributed by atoms with E-state index in [4.69, 9.17) is 4.74 Å². The van der Waals surface area contributed by atoms with Gasteiger partial charge in [-0.05, 0) is 17.5 Å². The van der Waals surface area contributed by atoms with Crippen LogP contribution >= 0.6 is 0 Å². The predicted molar refractivity (Wildman–Crippen MR) is 112 cm³/mol. The van der Waals surface area contributed by atoms with Crippen LogP contribution in [0.3, 0.4) is 0 Å². The first-order chi connectivity index (χ1) is 13.3. The van der Waals surface area contributed by atoms with Gasteiger partial charge in [-0.2, -0.15) is 0 Å². The molecule has 1 aliphatic rings. The van der Waals surface area contributed by atoms with Crippen molar-refractivity contribution >= 4 is 0 Å². The minimum Gasteiger partial charge on any atom is -0.385 e. The quantitative estimate of drug-likeness (QED) is 0.332. The van der Waals surface area contributed by atoms with Gasteiger partial charge in [0.15, 0.2) is 0 Å². The van der Waals surface area contributed by atoms with Crippen LogP contribution in [0.4, 0.5) is 0 Å². The van der Waals surface area contributed by atoms with Gasteiger partial charge in [0, 0.05) is 0 Å². The molecule has 2 heteroatoms. The number of epoxide rings is 1. The van der Waals surface area contributed by atoms with Gasteiger partial charge in [0.05, 0.1) is 0 Å². The Morgan fingerprint density at radius 1 is 0.815 bits per heavy atom. The molecule has 2 aromatic rings. The third-order valence-corrected chi connectivity index (χ3v) is 5.83. The monoisotopic (exact) mass is 366 g/mol. The van der Waals surface area contributed by atoms with Crippen LogP contribution in [0.2, 0.25) is 0 Å². The number of ether oxygens (including phenoxy) is 1. The van der Waals surface area contributed by atoms with E-state index in [0.29, 0.717) is 0 Å². The zero-order valence-electron chi connectivity index (χ0n) is 16.6. The number of benzene rings is 2. The fraction of sp³-hybridized carbons (Fsp3) is 0.520. The van der Waals surface area contributed by atoms with Crippen molar-refractivity contribution in [2.45, 2.75) is 82.5 Å². The Hall–Kier alpha value is -1.64. The molecule has 3 atom stereocenters. The largest absolute Gasteiger partial charge is 0.385 e. The number of aliphatic hydroxyl groups is 1. The Balaban J connectivity index is 1.57. The predicted octanol–water partition coefficient (Wildman–Crippen LogP) is 6.76. The van der Waals surface area contributed by atoms with Crippen molar-refractivity contribution in [2.24, 2.45) is 0 Å². The van der Waals surface area contributed by atoms with E-state index < -0.39 is 11.7 Å². The summed E-state index contributed by atoms with van der Waals surface area (Å²) in [6, 6.07) is 20.3. The van der Waals surface area contributed by atoms with Crippen molar-refractivity contribution < 1.29 is 9.84 Å². The van der Waals surface area contributed by atoms with Gasteiger partial charge >= 0.3 is 0 Å². The Morgan fingerprint density at radius 3 is 2.00 bits per heavy atom. The second-order valence-corrected chi connectivity index (χ2v) is 7.90. The lowest BCUT2D eigenvalue weighted by Crippen LogP contribution is -2.23. The second kappa shape index (κ2) is 10.1. The molecule has 27 heavy (non-hydrogen) atoms. The van der Waals surface area contributed by atoms with Crippen LogP contribution in [-0.4, -0.2) is 10.7 Å². The van der Waals surface area contributed by atoms with Crippen molar-refractivity contribution in [3.63, 3.8) is 0 Å². The van der Waals surface area contributed by atoms with Crippen molar-refractivity contribution in [3.8, 4) is 0 Å². The van der Waals surface area contributed by atoms with Crippen molar-refractivity contribution in [2.75, 3.05) is 0 Å². The molecule has 1 aliphatic heterocycles. The first-order valence-corrected chi connectivity index (χ1v) is 10.7. The number of hydrogen-bond donors (Lipinski definition) is 1. The Labute approximate surface area is 164 Å². The molecule has 1 unspecified atom stereocenters. The third-order valence-electron chi connectivity index (χ3n) is 5.83. The van der Waals surface area contributed by atoms with Crippen LogP contribution in [0, 0.1) is 0 Å². The van der Waals surface area contributed by atoms with E-state index in [0.717, 1.165) is 18.4 Å². The topological polar surface area (TPSA) is 32.8 Å². The SMILES string of the molecule is CCCCCCCCCC[C@@]1(C(O)c2ccccc2)O[C@@H]1c1ccccc1. The molecule has 1 fully saturated rings. The third kappa shape index (κ3) is 5.21. The lowest BCUT2D eigenvalue weighted by molar-refractivity contribution is 0.0672. The van der Waals surface area contributed by atoms with Crippen LogP contribution in [0.25, 0.3) is 0 Å². The maximum absolute atomic E-state index is 11.1. The van der Waals surface area contributed by atoms with Gasteiger partial charge in [0.2, 0.25) is 0 Å². The van der Waals surface area contributed by atoms with Crippen LogP contribution in [0.1, 0.15) is 88.0 Å². The number of aliphatic hydroxyl groups excluding tert-OH is 1. The van der Waals surface area contributed by atoms with Crippen LogP contribution in [0.5, 0.6) is 0 Å². The highest BCUT2D eigenvalue weighted by Crippen LogP contribution is 2.59. The number of unbranched alkanes of at least 4 members (excludes halogenated alkanes) is 7. The molecule has 0 aromatic heterocycles. The van der Waals surface area contributed by atoms with Crippen LogP contribution in [0.15, 0.2) is 60.7 Å². The summed E-state index contributed by atoms with van der Waals surface area (Å²) in [4.78, 5) is 0. The highest BCUT2D eigenvalue weighted by Gasteiger charge is 2.61. The molecule has 3 rings (SSSR count). The van der Waals surface area contributed by atoms with Gasteiger partial charge in [-0.15, -0.1) is 0 Å². The summed E-state index contributed by atoms with van der Waals surface area (Å²) >= 11 is 0. The molecule has 1 saturated heterocycles. The Morgan fingerprint density at radius 2 is 1.37 bits per heavy atom. The van der Waals surface area contributed by atoms with Gasteiger partial charge in [-0.25, -0.2) is 0 Å². The second-order valence-electron chi connectivity index (χ2n) is 7.90. The maximum atomic E-state index is 11.1. The number of rotatable bonds is 12. The highest BCUT2D eigenvalue weighted by molar-refractivity contribution is 5.31. The van der Waals surface area contributed by atoms with Crippen molar-refractivity contribution in [1.29, 1.82) is 0 Å². The molecule has 2 aromatic carbocycles. The molecule has 0 saturated carbocycles.